The highest BCUT2D eigenvalue weighted by molar-refractivity contribution is 8.18. The maximum atomic E-state index is 12.7. The smallest absolute Gasteiger partial charge is 0.293 e. The van der Waals surface area contributed by atoms with Crippen LogP contribution >= 0.6 is 11.8 Å². The summed E-state index contributed by atoms with van der Waals surface area (Å²) in [5.74, 6) is 0.623. The molecule has 0 atom stereocenters. The highest BCUT2D eigenvalue weighted by Crippen LogP contribution is 2.36. The van der Waals surface area contributed by atoms with E-state index in [1.165, 1.54) is 6.08 Å². The zero-order chi connectivity index (χ0) is 21.0. The van der Waals surface area contributed by atoms with Gasteiger partial charge in [-0.2, -0.15) is 0 Å². The summed E-state index contributed by atoms with van der Waals surface area (Å²) < 4.78 is 11.1. The molecular formula is C22H23NO5S. The lowest BCUT2D eigenvalue weighted by Crippen LogP contribution is -2.32. The zero-order valence-corrected chi connectivity index (χ0v) is 17.4. The number of imide groups is 1. The van der Waals surface area contributed by atoms with Crippen molar-refractivity contribution < 1.29 is 24.2 Å². The van der Waals surface area contributed by atoms with Gasteiger partial charge in [0.15, 0.2) is 11.5 Å². The first-order valence-electron chi connectivity index (χ1n) is 9.31. The van der Waals surface area contributed by atoms with E-state index in [0.717, 1.165) is 33.5 Å². The number of nitrogens with zero attached hydrogens (tertiary/aromatic N) is 1. The van der Waals surface area contributed by atoms with Crippen LogP contribution in [0.4, 0.5) is 4.79 Å². The molecule has 1 aliphatic heterocycles. The molecule has 2 amide bonds. The van der Waals surface area contributed by atoms with Crippen LogP contribution in [0.2, 0.25) is 0 Å². The molecule has 0 aromatic heterocycles. The number of para-hydroxylation sites is 1. The molecule has 0 radical (unpaired) electrons. The van der Waals surface area contributed by atoms with Gasteiger partial charge in [0.2, 0.25) is 0 Å². The van der Waals surface area contributed by atoms with Crippen molar-refractivity contribution in [1.29, 1.82) is 0 Å². The van der Waals surface area contributed by atoms with Crippen LogP contribution in [0, 0.1) is 13.8 Å². The SMILES string of the molecule is CCOc1cccc(/C=C2\SC(=O)N(CCOc3cc(C)ccc3C)C2=O)c1O. The summed E-state index contributed by atoms with van der Waals surface area (Å²) in [6.07, 6.45) is 1.51. The fourth-order valence-corrected chi connectivity index (χ4v) is 3.73. The van der Waals surface area contributed by atoms with Gasteiger partial charge in [-0.3, -0.25) is 14.5 Å². The molecule has 1 fully saturated rings. The van der Waals surface area contributed by atoms with Crippen molar-refractivity contribution in [3.05, 3.63) is 58.0 Å². The lowest BCUT2D eigenvalue weighted by Gasteiger charge is -2.14. The minimum Gasteiger partial charge on any atom is -0.504 e. The van der Waals surface area contributed by atoms with Gasteiger partial charge in [0.25, 0.3) is 11.1 Å². The highest BCUT2D eigenvalue weighted by Gasteiger charge is 2.35. The summed E-state index contributed by atoms with van der Waals surface area (Å²) in [6.45, 7) is 6.51. The average Bonchev–Trinajstić information content (AvgIpc) is 2.95. The molecule has 0 spiro atoms. The van der Waals surface area contributed by atoms with Gasteiger partial charge < -0.3 is 14.6 Å². The van der Waals surface area contributed by atoms with E-state index in [0.29, 0.717) is 17.9 Å². The monoisotopic (exact) mass is 413 g/mol. The number of carbonyl (C=O) groups excluding carboxylic acids is 2. The summed E-state index contributed by atoms with van der Waals surface area (Å²) in [5.41, 5.74) is 2.50. The third kappa shape index (κ3) is 4.74. The fourth-order valence-electron chi connectivity index (χ4n) is 2.87. The van der Waals surface area contributed by atoms with E-state index in [1.54, 1.807) is 18.2 Å². The first kappa shape index (κ1) is 20.8. The van der Waals surface area contributed by atoms with Crippen molar-refractivity contribution in [2.24, 2.45) is 0 Å². The summed E-state index contributed by atoms with van der Waals surface area (Å²) in [5, 5.41) is 9.95. The number of ether oxygens (including phenoxy) is 2. The van der Waals surface area contributed by atoms with E-state index in [1.807, 2.05) is 39.0 Å². The quantitative estimate of drug-likeness (QED) is 0.673. The molecular weight excluding hydrogens is 390 g/mol. The van der Waals surface area contributed by atoms with E-state index < -0.39 is 5.91 Å². The molecule has 1 saturated heterocycles. The Morgan fingerprint density at radius 1 is 1.10 bits per heavy atom. The Kier molecular flexibility index (Phi) is 6.49. The topological polar surface area (TPSA) is 76.1 Å². The van der Waals surface area contributed by atoms with Gasteiger partial charge in [-0.15, -0.1) is 0 Å². The number of hydrogen-bond acceptors (Lipinski definition) is 6. The van der Waals surface area contributed by atoms with E-state index in [4.69, 9.17) is 9.47 Å². The second-order valence-electron chi connectivity index (χ2n) is 6.58. The van der Waals surface area contributed by atoms with Crippen molar-refractivity contribution in [2.45, 2.75) is 20.8 Å². The van der Waals surface area contributed by atoms with Crippen LogP contribution < -0.4 is 9.47 Å². The number of amides is 2. The van der Waals surface area contributed by atoms with Gasteiger partial charge in [-0.05, 0) is 61.9 Å². The van der Waals surface area contributed by atoms with Crippen LogP contribution in [0.5, 0.6) is 17.2 Å². The van der Waals surface area contributed by atoms with Crippen LogP contribution in [0.15, 0.2) is 41.3 Å². The summed E-state index contributed by atoms with van der Waals surface area (Å²) in [6, 6.07) is 10.9. The largest absolute Gasteiger partial charge is 0.504 e. The molecule has 0 bridgehead atoms. The van der Waals surface area contributed by atoms with Gasteiger partial charge in [0, 0.05) is 5.56 Å². The molecule has 0 unspecified atom stereocenters. The first-order chi connectivity index (χ1) is 13.9. The van der Waals surface area contributed by atoms with Crippen LogP contribution in [-0.2, 0) is 4.79 Å². The predicted octanol–water partition coefficient (Wildman–Crippen LogP) is 4.52. The highest BCUT2D eigenvalue weighted by atomic mass is 32.2. The number of aromatic hydroxyl groups is 1. The third-order valence-corrected chi connectivity index (χ3v) is 5.31. The van der Waals surface area contributed by atoms with Gasteiger partial charge >= 0.3 is 0 Å². The summed E-state index contributed by atoms with van der Waals surface area (Å²) in [7, 11) is 0. The Morgan fingerprint density at radius 3 is 2.66 bits per heavy atom. The number of thioether (sulfide) groups is 1. The van der Waals surface area contributed by atoms with Crippen molar-refractivity contribution in [1.82, 2.24) is 4.90 Å². The fraction of sp³-hybridized carbons (Fsp3) is 0.273. The van der Waals surface area contributed by atoms with Crippen LogP contribution in [0.3, 0.4) is 0 Å². The lowest BCUT2D eigenvalue weighted by molar-refractivity contribution is -0.123. The van der Waals surface area contributed by atoms with Gasteiger partial charge in [0.1, 0.15) is 12.4 Å². The normalized spacial score (nSPS) is 15.3. The molecule has 3 rings (SSSR count). The number of phenolic OH excluding ortho intramolecular Hbond substituents is 1. The molecule has 29 heavy (non-hydrogen) atoms. The standard InChI is InChI=1S/C22H23NO5S/c1-4-27-17-7-5-6-16(20(17)24)13-19-21(25)23(22(26)29-19)10-11-28-18-12-14(2)8-9-15(18)3/h5-9,12-13,24H,4,10-11H2,1-3H3/b19-13-. The van der Waals surface area contributed by atoms with Crippen molar-refractivity contribution in [3.8, 4) is 17.2 Å². The predicted molar refractivity (Wildman–Crippen MR) is 113 cm³/mol. The lowest BCUT2D eigenvalue weighted by atomic mass is 10.1. The molecule has 1 heterocycles. The third-order valence-electron chi connectivity index (χ3n) is 4.41. The molecule has 0 aliphatic carbocycles. The Balaban J connectivity index is 1.69. The number of carbonyl (C=O) groups is 2. The second kappa shape index (κ2) is 9.05. The maximum absolute atomic E-state index is 12.7. The van der Waals surface area contributed by atoms with Crippen LogP contribution in [-0.4, -0.2) is 40.9 Å². The number of hydrogen-bond donors (Lipinski definition) is 1. The molecule has 2 aromatic carbocycles. The summed E-state index contributed by atoms with van der Waals surface area (Å²) >= 11 is 0.847. The van der Waals surface area contributed by atoms with E-state index in [2.05, 4.69) is 0 Å². The Hall–Kier alpha value is -2.93. The van der Waals surface area contributed by atoms with Gasteiger partial charge in [-0.1, -0.05) is 24.3 Å². The van der Waals surface area contributed by atoms with Crippen molar-refractivity contribution >= 4 is 29.0 Å². The average molecular weight is 413 g/mol. The molecule has 7 heteroatoms. The minimum atomic E-state index is -0.397. The molecule has 1 aliphatic rings. The van der Waals surface area contributed by atoms with Gasteiger partial charge in [0.05, 0.1) is 18.1 Å². The van der Waals surface area contributed by atoms with Crippen molar-refractivity contribution in [3.63, 3.8) is 0 Å². The van der Waals surface area contributed by atoms with Gasteiger partial charge in [-0.25, -0.2) is 0 Å². The number of aryl methyl sites for hydroxylation is 2. The van der Waals surface area contributed by atoms with E-state index in [-0.39, 0.29) is 29.0 Å². The second-order valence-corrected chi connectivity index (χ2v) is 7.57. The van der Waals surface area contributed by atoms with Crippen LogP contribution in [0.1, 0.15) is 23.6 Å². The number of phenols is 1. The molecule has 6 nitrogen and oxygen atoms in total. The Labute approximate surface area is 174 Å². The molecule has 1 N–H and O–H groups in total. The zero-order valence-electron chi connectivity index (χ0n) is 16.6. The first-order valence-corrected chi connectivity index (χ1v) is 10.1. The number of benzene rings is 2. The summed E-state index contributed by atoms with van der Waals surface area (Å²) in [4.78, 5) is 26.4. The molecule has 2 aromatic rings. The Morgan fingerprint density at radius 2 is 1.90 bits per heavy atom. The van der Waals surface area contributed by atoms with Crippen LogP contribution in [0.25, 0.3) is 6.08 Å². The Bertz CT molecular complexity index is 970. The minimum absolute atomic E-state index is 0.0561. The van der Waals surface area contributed by atoms with E-state index in [9.17, 15) is 14.7 Å². The molecule has 0 saturated carbocycles. The maximum Gasteiger partial charge on any atom is 0.293 e. The van der Waals surface area contributed by atoms with E-state index >= 15 is 0 Å². The van der Waals surface area contributed by atoms with Crippen molar-refractivity contribution in [2.75, 3.05) is 19.8 Å². The number of rotatable bonds is 7. The molecule has 152 valence electrons.